The van der Waals surface area contributed by atoms with Crippen molar-refractivity contribution in [3.05, 3.63) is 68.6 Å². The van der Waals surface area contributed by atoms with Crippen LogP contribution < -0.4 is 10.6 Å². The van der Waals surface area contributed by atoms with Gasteiger partial charge in [0.2, 0.25) is 5.91 Å². The van der Waals surface area contributed by atoms with Gasteiger partial charge >= 0.3 is 0 Å². The molecule has 0 aliphatic carbocycles. The van der Waals surface area contributed by atoms with E-state index in [1.165, 1.54) is 23.1 Å². The number of hydrogen-bond donors (Lipinski definition) is 2. The molecule has 0 aliphatic rings. The molecular formula is C22H24BrN5O2S2. The van der Waals surface area contributed by atoms with E-state index in [4.69, 9.17) is 0 Å². The molecule has 1 atom stereocenters. The van der Waals surface area contributed by atoms with Crippen LogP contribution >= 0.6 is 39.0 Å². The highest BCUT2D eigenvalue weighted by atomic mass is 79.9. The van der Waals surface area contributed by atoms with Crippen molar-refractivity contribution in [2.75, 3.05) is 11.1 Å². The summed E-state index contributed by atoms with van der Waals surface area (Å²) in [6.07, 6.45) is 1.73. The Morgan fingerprint density at radius 3 is 2.75 bits per heavy atom. The van der Waals surface area contributed by atoms with Crippen LogP contribution in [0, 0.1) is 13.8 Å². The number of nitrogens with zero attached hydrogens (tertiary/aromatic N) is 3. The number of thioether (sulfide) groups is 1. The van der Waals surface area contributed by atoms with Crippen LogP contribution in [0.5, 0.6) is 0 Å². The Balaban J connectivity index is 1.67. The SMILES string of the molecule is C=CCn1c(SCC(=O)Nc2cc(C)c(C)cc2Br)nnc1[C@H](C)NC(=O)c1cccs1. The van der Waals surface area contributed by atoms with Gasteiger partial charge in [-0.2, -0.15) is 0 Å². The second-order valence-corrected chi connectivity index (χ2v) is 9.91. The normalized spacial score (nSPS) is 11.8. The first-order valence-electron chi connectivity index (χ1n) is 9.88. The zero-order chi connectivity index (χ0) is 23.3. The number of thiophene rings is 1. The summed E-state index contributed by atoms with van der Waals surface area (Å²) in [4.78, 5) is 25.6. The van der Waals surface area contributed by atoms with Crippen molar-refractivity contribution in [1.82, 2.24) is 20.1 Å². The Bertz CT molecular complexity index is 1130. The number of nitrogens with one attached hydrogen (secondary N) is 2. The number of carbonyl (C=O) groups is 2. The fourth-order valence-electron chi connectivity index (χ4n) is 2.96. The number of allylic oxidation sites excluding steroid dienone is 1. The van der Waals surface area contributed by atoms with Gasteiger partial charge < -0.3 is 15.2 Å². The molecule has 0 fully saturated rings. The summed E-state index contributed by atoms with van der Waals surface area (Å²) in [6, 6.07) is 7.18. The Morgan fingerprint density at radius 1 is 1.31 bits per heavy atom. The second-order valence-electron chi connectivity index (χ2n) is 7.17. The monoisotopic (exact) mass is 533 g/mol. The zero-order valence-corrected chi connectivity index (χ0v) is 21.2. The summed E-state index contributed by atoms with van der Waals surface area (Å²) in [6.45, 7) is 10.1. The van der Waals surface area contributed by atoms with Gasteiger partial charge in [-0.3, -0.25) is 9.59 Å². The number of hydrogen-bond acceptors (Lipinski definition) is 6. The number of rotatable bonds is 9. The maximum atomic E-state index is 12.5. The molecule has 3 aromatic rings. The molecule has 2 aromatic heterocycles. The maximum Gasteiger partial charge on any atom is 0.261 e. The largest absolute Gasteiger partial charge is 0.342 e. The van der Waals surface area contributed by atoms with Crippen molar-refractivity contribution in [2.45, 2.75) is 38.5 Å². The van der Waals surface area contributed by atoms with Gasteiger partial charge in [-0.05, 0) is 71.4 Å². The van der Waals surface area contributed by atoms with Gasteiger partial charge in [-0.25, -0.2) is 0 Å². The lowest BCUT2D eigenvalue weighted by atomic mass is 10.1. The van der Waals surface area contributed by atoms with Crippen molar-refractivity contribution in [1.29, 1.82) is 0 Å². The first-order valence-corrected chi connectivity index (χ1v) is 12.5. The van der Waals surface area contributed by atoms with Crippen molar-refractivity contribution in [3.63, 3.8) is 0 Å². The van der Waals surface area contributed by atoms with Crippen molar-refractivity contribution >= 4 is 56.5 Å². The van der Waals surface area contributed by atoms with Crippen LogP contribution in [0.1, 0.15) is 39.6 Å². The first kappa shape index (κ1) is 24.2. The Kier molecular flexibility index (Phi) is 8.27. The number of halogens is 1. The molecule has 0 unspecified atom stereocenters. The number of amides is 2. The van der Waals surface area contributed by atoms with Gasteiger partial charge in [-0.1, -0.05) is 23.9 Å². The molecule has 10 heteroatoms. The number of benzene rings is 1. The van der Waals surface area contributed by atoms with E-state index >= 15 is 0 Å². The van der Waals surface area contributed by atoms with Crippen LogP contribution in [0.25, 0.3) is 0 Å². The van der Waals surface area contributed by atoms with Crippen LogP contribution in [0.4, 0.5) is 5.69 Å². The molecule has 0 saturated carbocycles. The van der Waals surface area contributed by atoms with Gasteiger partial charge in [0.1, 0.15) is 0 Å². The third-order valence-electron chi connectivity index (χ3n) is 4.73. The molecule has 32 heavy (non-hydrogen) atoms. The van der Waals surface area contributed by atoms with Gasteiger partial charge in [0.25, 0.3) is 5.91 Å². The van der Waals surface area contributed by atoms with E-state index in [0.717, 1.165) is 21.3 Å². The van der Waals surface area contributed by atoms with E-state index in [2.05, 4.69) is 43.3 Å². The number of aromatic nitrogens is 3. The van der Waals surface area contributed by atoms with Gasteiger partial charge in [-0.15, -0.1) is 28.1 Å². The smallest absolute Gasteiger partial charge is 0.261 e. The quantitative estimate of drug-likeness (QED) is 0.294. The summed E-state index contributed by atoms with van der Waals surface area (Å²) < 4.78 is 2.70. The predicted molar refractivity (Wildman–Crippen MR) is 133 cm³/mol. The van der Waals surface area contributed by atoms with E-state index < -0.39 is 0 Å². The maximum absolute atomic E-state index is 12.5. The van der Waals surface area contributed by atoms with Crippen LogP contribution in [0.3, 0.4) is 0 Å². The highest BCUT2D eigenvalue weighted by molar-refractivity contribution is 9.10. The van der Waals surface area contributed by atoms with Gasteiger partial charge in [0, 0.05) is 11.0 Å². The Labute approximate surface area is 203 Å². The van der Waals surface area contributed by atoms with Crippen LogP contribution in [-0.4, -0.2) is 32.3 Å². The minimum atomic E-state index is -0.355. The first-order chi connectivity index (χ1) is 15.3. The molecule has 0 bridgehead atoms. The molecule has 7 nitrogen and oxygen atoms in total. The van der Waals surface area contributed by atoms with Crippen molar-refractivity contribution in [3.8, 4) is 0 Å². The molecule has 0 aliphatic heterocycles. The van der Waals surface area contributed by atoms with E-state index in [0.29, 0.717) is 22.4 Å². The van der Waals surface area contributed by atoms with Crippen molar-refractivity contribution in [2.24, 2.45) is 0 Å². The highest BCUT2D eigenvalue weighted by Crippen LogP contribution is 2.27. The number of carbonyl (C=O) groups excluding carboxylic acids is 2. The molecule has 1 aromatic carbocycles. The summed E-state index contributed by atoms with van der Waals surface area (Å²) in [5, 5.41) is 16.8. The summed E-state index contributed by atoms with van der Waals surface area (Å²) in [7, 11) is 0. The summed E-state index contributed by atoms with van der Waals surface area (Å²) in [5.74, 6) is 0.473. The third-order valence-corrected chi connectivity index (χ3v) is 7.22. The van der Waals surface area contributed by atoms with Crippen LogP contribution in [0.2, 0.25) is 0 Å². The molecule has 2 heterocycles. The lowest BCUT2D eigenvalue weighted by molar-refractivity contribution is -0.113. The third kappa shape index (κ3) is 5.87. The fraction of sp³-hybridized carbons (Fsp3) is 0.273. The average molecular weight is 535 g/mol. The predicted octanol–water partition coefficient (Wildman–Crippen LogP) is 5.13. The van der Waals surface area contributed by atoms with Crippen LogP contribution in [0.15, 0.2) is 51.9 Å². The lowest BCUT2D eigenvalue weighted by Crippen LogP contribution is -2.28. The Hall–Kier alpha value is -2.43. The average Bonchev–Trinajstić information content (AvgIpc) is 3.41. The Morgan fingerprint density at radius 2 is 2.06 bits per heavy atom. The minimum Gasteiger partial charge on any atom is -0.342 e. The molecule has 0 saturated heterocycles. The molecule has 2 amide bonds. The zero-order valence-electron chi connectivity index (χ0n) is 18.0. The van der Waals surface area contributed by atoms with E-state index in [1.54, 1.807) is 12.1 Å². The molecule has 3 rings (SSSR count). The lowest BCUT2D eigenvalue weighted by Gasteiger charge is -2.15. The van der Waals surface area contributed by atoms with Gasteiger partial charge in [0.15, 0.2) is 11.0 Å². The van der Waals surface area contributed by atoms with Crippen molar-refractivity contribution < 1.29 is 9.59 Å². The van der Waals surface area contributed by atoms with Crippen LogP contribution in [-0.2, 0) is 11.3 Å². The topological polar surface area (TPSA) is 88.9 Å². The second kappa shape index (κ2) is 10.9. The van der Waals surface area contributed by atoms with E-state index in [1.807, 2.05) is 48.9 Å². The van der Waals surface area contributed by atoms with Gasteiger partial charge in [0.05, 0.1) is 22.4 Å². The number of aryl methyl sites for hydroxylation is 2. The minimum absolute atomic E-state index is 0.146. The molecule has 168 valence electrons. The molecule has 0 spiro atoms. The molecule has 2 N–H and O–H groups in total. The molecular weight excluding hydrogens is 510 g/mol. The summed E-state index contributed by atoms with van der Waals surface area (Å²) >= 11 is 6.16. The summed E-state index contributed by atoms with van der Waals surface area (Å²) in [5.41, 5.74) is 2.98. The van der Waals surface area contributed by atoms with E-state index in [9.17, 15) is 9.59 Å². The number of anilines is 1. The fourth-order valence-corrected chi connectivity index (χ4v) is 4.90. The van der Waals surface area contributed by atoms with E-state index in [-0.39, 0.29) is 23.6 Å². The highest BCUT2D eigenvalue weighted by Gasteiger charge is 2.21. The standard InChI is InChI=1S/C22H24BrN5O2S2/c1-5-8-28-20(15(4)24-21(30)18-7-6-9-31-18)26-27-22(28)32-12-19(29)25-17-11-14(3)13(2)10-16(17)23/h5-7,9-11,15H,1,8,12H2,2-4H3,(H,24,30)(H,25,29)/t15-/m0/s1. The molecule has 0 radical (unpaired) electrons.